The largest absolute Gasteiger partial charge is 0.481 e. The highest BCUT2D eigenvalue weighted by molar-refractivity contribution is 7.99. The second-order valence-electron chi connectivity index (χ2n) is 5.01. The van der Waals surface area contributed by atoms with Crippen molar-refractivity contribution < 1.29 is 14.6 Å². The lowest BCUT2D eigenvalue weighted by atomic mass is 10.1. The number of nitrogens with zero attached hydrogens (tertiary/aromatic N) is 3. The average molecular weight is 283 g/mol. The van der Waals surface area contributed by atoms with E-state index in [9.17, 15) is 4.79 Å². The summed E-state index contributed by atoms with van der Waals surface area (Å²) < 4.78 is 7.57. The molecule has 0 spiro atoms. The van der Waals surface area contributed by atoms with Gasteiger partial charge in [-0.25, -0.2) is 0 Å². The third kappa shape index (κ3) is 2.92. The standard InChI is InChI=1S/C12H17N3O3S/c16-10(17)7-19-12-14-13-11(8-1-2-8)15(12)9-3-5-18-6-4-9/h8-9H,1-7H2,(H,16,17). The van der Waals surface area contributed by atoms with Crippen molar-refractivity contribution in [1.82, 2.24) is 14.8 Å². The molecule has 6 nitrogen and oxygen atoms in total. The van der Waals surface area contributed by atoms with Crippen molar-refractivity contribution in [2.75, 3.05) is 19.0 Å². The summed E-state index contributed by atoms with van der Waals surface area (Å²) in [5.74, 6) is 0.778. The molecule has 104 valence electrons. The van der Waals surface area contributed by atoms with Crippen molar-refractivity contribution >= 4 is 17.7 Å². The molecule has 0 unspecified atom stereocenters. The summed E-state index contributed by atoms with van der Waals surface area (Å²) in [6, 6.07) is 0.357. The third-order valence-corrected chi connectivity index (χ3v) is 4.44. The fourth-order valence-electron chi connectivity index (χ4n) is 2.42. The van der Waals surface area contributed by atoms with Gasteiger partial charge in [0.25, 0.3) is 0 Å². The van der Waals surface area contributed by atoms with Gasteiger partial charge in [-0.15, -0.1) is 10.2 Å². The second kappa shape index (κ2) is 5.50. The monoisotopic (exact) mass is 283 g/mol. The maximum absolute atomic E-state index is 10.7. The lowest BCUT2D eigenvalue weighted by Crippen LogP contribution is -2.22. The summed E-state index contributed by atoms with van der Waals surface area (Å²) >= 11 is 1.26. The molecule has 1 aromatic rings. The molecule has 1 saturated carbocycles. The summed E-state index contributed by atoms with van der Waals surface area (Å²) in [6.45, 7) is 1.52. The van der Waals surface area contributed by atoms with Crippen LogP contribution in [-0.4, -0.2) is 44.8 Å². The molecule has 0 amide bonds. The molecule has 2 heterocycles. The van der Waals surface area contributed by atoms with Gasteiger partial charge in [0.05, 0.1) is 5.75 Å². The van der Waals surface area contributed by atoms with E-state index in [2.05, 4.69) is 14.8 Å². The molecule has 3 rings (SSSR count). The molecule has 7 heteroatoms. The Balaban J connectivity index is 1.83. The number of hydrogen-bond donors (Lipinski definition) is 1. The zero-order valence-electron chi connectivity index (χ0n) is 10.6. The second-order valence-corrected chi connectivity index (χ2v) is 5.95. The van der Waals surface area contributed by atoms with Crippen LogP contribution in [0.3, 0.4) is 0 Å². The van der Waals surface area contributed by atoms with Crippen LogP contribution in [0.25, 0.3) is 0 Å². The van der Waals surface area contributed by atoms with E-state index >= 15 is 0 Å². The predicted octanol–water partition coefficient (Wildman–Crippen LogP) is 1.68. The third-order valence-electron chi connectivity index (χ3n) is 3.51. The fourth-order valence-corrected chi connectivity index (χ4v) is 3.15. The minimum atomic E-state index is -0.820. The number of hydrogen-bond acceptors (Lipinski definition) is 5. The van der Waals surface area contributed by atoms with Crippen LogP contribution in [0.1, 0.15) is 43.5 Å². The summed E-state index contributed by atoms with van der Waals surface area (Å²) in [7, 11) is 0. The van der Waals surface area contributed by atoms with Crippen molar-refractivity contribution in [1.29, 1.82) is 0 Å². The van der Waals surface area contributed by atoms with E-state index in [1.807, 2.05) is 0 Å². The van der Waals surface area contributed by atoms with E-state index in [-0.39, 0.29) is 5.75 Å². The highest BCUT2D eigenvalue weighted by Crippen LogP contribution is 2.42. The smallest absolute Gasteiger partial charge is 0.313 e. The first kappa shape index (κ1) is 12.9. The van der Waals surface area contributed by atoms with Gasteiger partial charge in [-0.1, -0.05) is 11.8 Å². The highest BCUT2D eigenvalue weighted by atomic mass is 32.2. The van der Waals surface area contributed by atoms with Crippen molar-refractivity contribution in [3.63, 3.8) is 0 Å². The van der Waals surface area contributed by atoms with Crippen molar-refractivity contribution in [2.24, 2.45) is 0 Å². The summed E-state index contributed by atoms with van der Waals surface area (Å²) in [5, 5.41) is 18.0. The van der Waals surface area contributed by atoms with Crippen LogP contribution in [0, 0.1) is 0 Å². The summed E-state index contributed by atoms with van der Waals surface area (Å²) in [4.78, 5) is 10.7. The van der Waals surface area contributed by atoms with Crippen molar-refractivity contribution in [2.45, 2.75) is 42.8 Å². The van der Waals surface area contributed by atoms with Crippen molar-refractivity contribution in [3.8, 4) is 0 Å². The van der Waals surface area contributed by atoms with Crippen molar-refractivity contribution in [3.05, 3.63) is 5.82 Å². The molecular formula is C12H17N3O3S. The van der Waals surface area contributed by atoms with Crippen LogP contribution in [0.5, 0.6) is 0 Å². The Bertz CT molecular complexity index is 467. The molecule has 1 aromatic heterocycles. The Morgan fingerprint density at radius 1 is 1.32 bits per heavy atom. The van der Waals surface area contributed by atoms with Gasteiger partial charge in [-0.05, 0) is 25.7 Å². The molecular weight excluding hydrogens is 266 g/mol. The predicted molar refractivity (Wildman–Crippen MR) is 69.4 cm³/mol. The maximum Gasteiger partial charge on any atom is 0.313 e. The lowest BCUT2D eigenvalue weighted by Gasteiger charge is -2.25. The molecule has 1 N–H and O–H groups in total. The molecule has 2 fully saturated rings. The van der Waals surface area contributed by atoms with Crippen LogP contribution in [0.2, 0.25) is 0 Å². The van der Waals surface area contributed by atoms with E-state index in [4.69, 9.17) is 9.84 Å². The van der Waals surface area contributed by atoms with E-state index in [0.29, 0.717) is 12.0 Å². The minimum Gasteiger partial charge on any atom is -0.481 e. The normalized spacial score (nSPS) is 20.6. The van der Waals surface area contributed by atoms with Crippen LogP contribution < -0.4 is 0 Å². The molecule has 0 bridgehead atoms. The number of ether oxygens (including phenoxy) is 1. The summed E-state index contributed by atoms with van der Waals surface area (Å²) in [5.41, 5.74) is 0. The van der Waals surface area contributed by atoms with E-state index < -0.39 is 5.97 Å². The number of aromatic nitrogens is 3. The van der Waals surface area contributed by atoms with Gasteiger partial charge in [0, 0.05) is 25.2 Å². The molecule has 1 aliphatic carbocycles. The number of carboxylic acids is 1. The van der Waals surface area contributed by atoms with Gasteiger partial charge < -0.3 is 14.4 Å². The molecule has 0 atom stereocenters. The number of rotatable bonds is 5. The Morgan fingerprint density at radius 2 is 2.05 bits per heavy atom. The number of thioether (sulfide) groups is 1. The number of aliphatic carboxylic acids is 1. The van der Waals surface area contributed by atoms with Gasteiger partial charge >= 0.3 is 5.97 Å². The SMILES string of the molecule is O=C(O)CSc1nnc(C2CC2)n1C1CCOCC1. The Labute approximate surface area is 115 Å². The maximum atomic E-state index is 10.7. The van der Waals surface area contributed by atoms with E-state index in [1.54, 1.807) is 0 Å². The van der Waals surface area contributed by atoms with Gasteiger partial charge in [-0.3, -0.25) is 4.79 Å². The lowest BCUT2D eigenvalue weighted by molar-refractivity contribution is -0.133. The first-order chi connectivity index (χ1) is 9.25. The van der Waals surface area contributed by atoms with E-state index in [1.165, 1.54) is 24.6 Å². The van der Waals surface area contributed by atoms with Gasteiger partial charge in [0.2, 0.25) is 0 Å². The zero-order chi connectivity index (χ0) is 13.2. The first-order valence-electron chi connectivity index (χ1n) is 6.63. The van der Waals surface area contributed by atoms with Gasteiger partial charge in [-0.2, -0.15) is 0 Å². The fraction of sp³-hybridized carbons (Fsp3) is 0.750. The molecule has 0 radical (unpaired) electrons. The Morgan fingerprint density at radius 3 is 2.68 bits per heavy atom. The minimum absolute atomic E-state index is 0.0337. The van der Waals surface area contributed by atoms with Crippen LogP contribution in [0.4, 0.5) is 0 Å². The molecule has 1 aliphatic heterocycles. The number of carbonyl (C=O) groups is 1. The highest BCUT2D eigenvalue weighted by Gasteiger charge is 2.33. The summed E-state index contributed by atoms with van der Waals surface area (Å²) in [6.07, 6.45) is 4.26. The van der Waals surface area contributed by atoms with Crippen LogP contribution in [-0.2, 0) is 9.53 Å². The number of carboxylic acid groups (broad SMARTS) is 1. The molecule has 19 heavy (non-hydrogen) atoms. The average Bonchev–Trinajstić information content (AvgIpc) is 3.17. The Hall–Kier alpha value is -1.08. The molecule has 1 saturated heterocycles. The van der Waals surface area contributed by atoms with Crippen LogP contribution >= 0.6 is 11.8 Å². The molecule has 2 aliphatic rings. The van der Waals surface area contributed by atoms with E-state index in [0.717, 1.165) is 37.0 Å². The topological polar surface area (TPSA) is 77.2 Å². The van der Waals surface area contributed by atoms with Gasteiger partial charge in [0.1, 0.15) is 5.82 Å². The van der Waals surface area contributed by atoms with Gasteiger partial charge in [0.15, 0.2) is 5.16 Å². The zero-order valence-corrected chi connectivity index (χ0v) is 11.4. The Kier molecular flexibility index (Phi) is 3.74. The quantitative estimate of drug-likeness (QED) is 0.829. The van der Waals surface area contributed by atoms with Crippen LogP contribution in [0.15, 0.2) is 5.16 Å². The first-order valence-corrected chi connectivity index (χ1v) is 7.61. The molecule has 0 aromatic carbocycles.